The molecular weight excluding hydrogens is 824 g/mol. The van der Waals surface area contributed by atoms with E-state index in [0.29, 0.717) is 97.9 Å². The highest BCUT2D eigenvalue weighted by molar-refractivity contribution is 6.13. The second kappa shape index (κ2) is 18.2. The molecule has 0 bridgehead atoms. The van der Waals surface area contributed by atoms with Crippen molar-refractivity contribution in [1.82, 2.24) is 24.8 Å². The Morgan fingerprint density at radius 3 is 1.55 bits per heavy atom. The molecule has 6 aromatic rings. The molecule has 0 saturated carbocycles. The average molecular weight is 878 g/mol. The molecule has 2 fully saturated rings. The molecule has 2 saturated heterocycles. The maximum atomic E-state index is 15.2. The van der Waals surface area contributed by atoms with Crippen LogP contribution in [0.15, 0.2) is 73.3 Å². The van der Waals surface area contributed by atoms with Gasteiger partial charge in [0.15, 0.2) is 0 Å². The summed E-state index contributed by atoms with van der Waals surface area (Å²) in [6, 6.07) is 12.6. The summed E-state index contributed by atoms with van der Waals surface area (Å²) < 4.78 is 59.9. The van der Waals surface area contributed by atoms with E-state index in [4.69, 9.17) is 14.2 Å². The van der Waals surface area contributed by atoms with Gasteiger partial charge in [-0.25, -0.2) is 18.7 Å². The molecular formula is C49H54F3N7O5. The number of rotatable bonds is 7. The van der Waals surface area contributed by atoms with E-state index in [2.05, 4.69) is 24.8 Å². The molecule has 0 unspecified atom stereocenters. The van der Waals surface area contributed by atoms with Crippen LogP contribution in [0.25, 0.3) is 44.1 Å². The Morgan fingerprint density at radius 1 is 0.656 bits per heavy atom. The van der Waals surface area contributed by atoms with Crippen molar-refractivity contribution in [3.63, 3.8) is 0 Å². The molecule has 4 aliphatic rings. The van der Waals surface area contributed by atoms with Gasteiger partial charge in [-0.1, -0.05) is 14.9 Å². The Bertz CT molecular complexity index is 2700. The van der Waals surface area contributed by atoms with Gasteiger partial charge in [-0.15, -0.1) is 0 Å². The van der Waals surface area contributed by atoms with Crippen LogP contribution < -0.4 is 14.5 Å². The van der Waals surface area contributed by atoms with Gasteiger partial charge >= 0.3 is 0 Å². The van der Waals surface area contributed by atoms with E-state index in [1.807, 2.05) is 26.2 Å². The molecule has 64 heavy (non-hydrogen) atoms. The zero-order valence-electron chi connectivity index (χ0n) is 35.0. The summed E-state index contributed by atoms with van der Waals surface area (Å²) in [6.45, 7) is 3.55. The lowest BCUT2D eigenvalue weighted by Crippen LogP contribution is -2.43. The van der Waals surface area contributed by atoms with E-state index in [1.54, 1.807) is 54.6 Å². The number of ether oxygens (including phenoxy) is 3. The molecule has 4 aromatic heterocycles. The number of hydrogen-bond donors (Lipinski definition) is 0. The van der Waals surface area contributed by atoms with Gasteiger partial charge in [0, 0.05) is 122 Å². The maximum absolute atomic E-state index is 15.2. The Hall–Kier alpha value is -6.03. The smallest absolute Gasteiger partial charge is 0.237 e. The van der Waals surface area contributed by atoms with Gasteiger partial charge in [0.1, 0.15) is 11.6 Å². The van der Waals surface area contributed by atoms with Crippen LogP contribution in [0.2, 0.25) is 0 Å². The lowest BCUT2D eigenvalue weighted by Gasteiger charge is -2.32. The molecule has 2 amide bonds. The number of halogens is 3. The van der Waals surface area contributed by atoms with Crippen molar-refractivity contribution in [1.29, 1.82) is 0 Å². The zero-order chi connectivity index (χ0) is 43.3. The van der Waals surface area contributed by atoms with Crippen LogP contribution in [0.5, 0.6) is 5.88 Å². The summed E-state index contributed by atoms with van der Waals surface area (Å²) in [7, 11) is 7.57. The number of carbonyl (C=O) groups is 2. The Labute approximate surface area is 371 Å². The predicted molar refractivity (Wildman–Crippen MR) is 242 cm³/mol. The first kappa shape index (κ1) is 46.0. The molecule has 0 aliphatic carbocycles. The number of pyridine rings is 4. The summed E-state index contributed by atoms with van der Waals surface area (Å²) in [5.41, 5.74) is 4.90. The average Bonchev–Trinajstić information content (AvgIpc) is 3.61. The van der Waals surface area contributed by atoms with E-state index in [-0.39, 0.29) is 32.5 Å². The van der Waals surface area contributed by atoms with E-state index < -0.39 is 22.6 Å². The van der Waals surface area contributed by atoms with E-state index in [1.165, 1.54) is 30.5 Å². The van der Waals surface area contributed by atoms with Crippen LogP contribution in [-0.2, 0) is 29.9 Å². The predicted octanol–water partition coefficient (Wildman–Crippen LogP) is 8.66. The van der Waals surface area contributed by atoms with Crippen LogP contribution in [0.1, 0.15) is 58.1 Å². The second-order valence-electron chi connectivity index (χ2n) is 16.6. The van der Waals surface area contributed by atoms with Crippen molar-refractivity contribution in [3.8, 4) is 28.1 Å². The Morgan fingerprint density at radius 2 is 1.12 bits per heavy atom. The van der Waals surface area contributed by atoms with Crippen molar-refractivity contribution < 1.29 is 37.0 Å². The molecule has 4 aliphatic heterocycles. The molecule has 10 rings (SSSR count). The highest BCUT2D eigenvalue weighted by Gasteiger charge is 2.53. The van der Waals surface area contributed by atoms with E-state index >= 15 is 4.39 Å². The number of anilines is 2. The number of hydrogen-bond acceptors (Lipinski definition) is 10. The molecule has 15 heteroatoms. The number of fused-ring (bicyclic) bond motifs is 8. The van der Waals surface area contributed by atoms with Gasteiger partial charge in [-0.2, -0.15) is 4.39 Å². The first-order valence-electron chi connectivity index (χ1n) is 20.7. The van der Waals surface area contributed by atoms with Crippen molar-refractivity contribution in [3.05, 3.63) is 102 Å². The van der Waals surface area contributed by atoms with Crippen molar-refractivity contribution >= 4 is 45.0 Å². The fourth-order valence-corrected chi connectivity index (χ4v) is 9.52. The number of aromatic nitrogens is 4. The molecule has 0 atom stereocenters. The largest absolute Gasteiger partial charge is 0.478 e. The number of carbonyl (C=O) groups excluding carboxylic acids is 2. The maximum Gasteiger partial charge on any atom is 0.237 e. The Balaban J connectivity index is 0.000000189. The number of benzene rings is 2. The fourth-order valence-electron chi connectivity index (χ4n) is 9.52. The molecule has 12 nitrogen and oxygen atoms in total. The van der Waals surface area contributed by atoms with Gasteiger partial charge in [-0.3, -0.25) is 19.6 Å². The number of nitrogens with zero attached hydrogens (tertiary/aromatic N) is 7. The third-order valence-electron chi connectivity index (χ3n) is 12.8. The lowest BCUT2D eigenvalue weighted by atomic mass is 9.74. The van der Waals surface area contributed by atoms with Crippen molar-refractivity contribution in [2.24, 2.45) is 0 Å². The minimum atomic E-state index is -0.681. The van der Waals surface area contributed by atoms with Gasteiger partial charge in [0.25, 0.3) is 0 Å². The Kier molecular flexibility index (Phi) is 13.1. The topological polar surface area (TPSA) is 123 Å². The summed E-state index contributed by atoms with van der Waals surface area (Å²) in [4.78, 5) is 48.8. The molecule has 2 aromatic carbocycles. The summed E-state index contributed by atoms with van der Waals surface area (Å²) in [5, 5.41) is 1.54. The van der Waals surface area contributed by atoms with Gasteiger partial charge in [0.05, 0.1) is 52.2 Å². The third-order valence-corrected chi connectivity index (χ3v) is 12.8. The van der Waals surface area contributed by atoms with Crippen LogP contribution >= 0.6 is 0 Å². The SMILES string of the molecule is C.C.CN(C)CCCOc1ccc(-c2cc3c4c(cnc3cc2F)N(C)C(=O)C42CCOCC2)cn1.CN1C(=O)C2(CCOCC2)c2c1cnc1cc(F)c(-c3ccc(F)nc3)cc21. The number of likely N-dealkylation sites (N-methyl/N-ethyl adjacent to an activating group) is 2. The highest BCUT2D eigenvalue weighted by atomic mass is 19.1. The lowest BCUT2D eigenvalue weighted by molar-refractivity contribution is -0.126. The minimum Gasteiger partial charge on any atom is -0.478 e. The van der Waals surface area contributed by atoms with Gasteiger partial charge in [0.2, 0.25) is 23.6 Å². The standard InChI is InChI=1S/C26H29FN4O3.C21H17F2N3O2.2CH4/c1-30(2)9-4-10-34-23-6-5-17(15-29-23)18-13-19-21(14-20(18)27)28-16-22-24(19)26(25(32)31(22)3)7-11-33-12-8-26;1-26-17-11-24-16-9-15(22)13(12-2-3-18(23)25-10-12)8-14(16)19(17)21(20(26)27)4-6-28-7-5-21;;/h5-6,13-16H,4,7-12H2,1-3H3;2-3,8-11H,4-7H2,1H3;2*1H4. The number of amides is 2. The van der Waals surface area contributed by atoms with Crippen LogP contribution in [0.3, 0.4) is 0 Å². The van der Waals surface area contributed by atoms with Crippen LogP contribution in [0, 0.1) is 17.6 Å². The van der Waals surface area contributed by atoms with E-state index in [0.717, 1.165) is 46.2 Å². The van der Waals surface area contributed by atoms with E-state index in [9.17, 15) is 18.4 Å². The molecule has 0 N–H and O–H groups in total. The van der Waals surface area contributed by atoms with Crippen LogP contribution in [0.4, 0.5) is 24.5 Å². The monoisotopic (exact) mass is 877 g/mol. The summed E-state index contributed by atoms with van der Waals surface area (Å²) in [6.07, 6.45) is 9.52. The van der Waals surface area contributed by atoms with Gasteiger partial charge in [-0.05, 0) is 76.5 Å². The first-order valence-corrected chi connectivity index (χ1v) is 20.7. The normalized spacial score (nSPS) is 17.0. The highest BCUT2D eigenvalue weighted by Crippen LogP contribution is 2.52. The first-order chi connectivity index (χ1) is 29.9. The quantitative estimate of drug-likeness (QED) is 0.114. The molecule has 0 radical (unpaired) electrons. The molecule has 8 heterocycles. The summed E-state index contributed by atoms with van der Waals surface area (Å²) in [5.74, 6) is -0.870. The van der Waals surface area contributed by atoms with Gasteiger partial charge < -0.3 is 28.9 Å². The molecule has 336 valence electrons. The molecule has 2 spiro atoms. The minimum absolute atomic E-state index is 0. The zero-order valence-corrected chi connectivity index (χ0v) is 35.0. The second-order valence-corrected chi connectivity index (χ2v) is 16.6. The summed E-state index contributed by atoms with van der Waals surface area (Å²) >= 11 is 0. The fraction of sp³-hybridized carbons (Fsp3) is 0.388. The van der Waals surface area contributed by atoms with Crippen molar-refractivity contribution in [2.45, 2.75) is 57.8 Å². The van der Waals surface area contributed by atoms with Crippen molar-refractivity contribution in [2.75, 3.05) is 77.6 Å². The third kappa shape index (κ3) is 7.83. The van der Waals surface area contributed by atoms with Crippen LogP contribution in [-0.4, -0.2) is 104 Å².